The highest BCUT2D eigenvalue weighted by Gasteiger charge is 2.39. The molecule has 0 amide bonds. The van der Waals surface area contributed by atoms with Crippen LogP contribution in [0.1, 0.15) is 23.2 Å². The molecule has 1 saturated carbocycles. The van der Waals surface area contributed by atoms with E-state index in [2.05, 4.69) is 17.1 Å². The molecular weight excluding hydrogens is 186 g/mol. The highest BCUT2D eigenvalue weighted by molar-refractivity contribution is 5.98. The van der Waals surface area contributed by atoms with Crippen molar-refractivity contribution in [2.75, 3.05) is 0 Å². The first-order valence-electron chi connectivity index (χ1n) is 5.47. The monoisotopic (exact) mass is 199 g/mol. The summed E-state index contributed by atoms with van der Waals surface area (Å²) in [6.45, 7) is 0. The Kier molecular flexibility index (Phi) is 1.94. The van der Waals surface area contributed by atoms with Crippen LogP contribution in [0.4, 0.5) is 0 Å². The zero-order valence-corrected chi connectivity index (χ0v) is 8.47. The van der Waals surface area contributed by atoms with E-state index in [0.29, 0.717) is 17.6 Å². The molecule has 0 aliphatic heterocycles. The van der Waals surface area contributed by atoms with Gasteiger partial charge in [-0.05, 0) is 36.8 Å². The van der Waals surface area contributed by atoms with Crippen LogP contribution >= 0.6 is 0 Å². The number of carbonyl (C=O) groups excluding carboxylic acids is 1. The van der Waals surface area contributed by atoms with Gasteiger partial charge >= 0.3 is 0 Å². The number of nitrogens with zero attached hydrogens (tertiary/aromatic N) is 1. The number of hydrogen-bond donors (Lipinski definition) is 0. The number of allylic oxidation sites excluding steroid dienone is 2. The summed E-state index contributed by atoms with van der Waals surface area (Å²) in [4.78, 5) is 16.1. The Morgan fingerprint density at radius 3 is 2.60 bits per heavy atom. The molecule has 15 heavy (non-hydrogen) atoms. The van der Waals surface area contributed by atoms with Crippen LogP contribution in [-0.2, 0) is 0 Å². The van der Waals surface area contributed by atoms with Crippen molar-refractivity contribution in [2.24, 2.45) is 17.8 Å². The van der Waals surface area contributed by atoms with Gasteiger partial charge in [-0.1, -0.05) is 12.2 Å². The van der Waals surface area contributed by atoms with E-state index in [1.54, 1.807) is 12.4 Å². The molecule has 2 bridgehead atoms. The lowest BCUT2D eigenvalue weighted by Crippen LogP contribution is -2.19. The Morgan fingerprint density at radius 2 is 2.00 bits per heavy atom. The molecule has 3 atom stereocenters. The van der Waals surface area contributed by atoms with Crippen molar-refractivity contribution in [1.29, 1.82) is 0 Å². The van der Waals surface area contributed by atoms with Crippen LogP contribution in [0.15, 0.2) is 36.7 Å². The maximum absolute atomic E-state index is 12.2. The van der Waals surface area contributed by atoms with E-state index in [0.717, 1.165) is 12.0 Å². The molecule has 0 unspecified atom stereocenters. The zero-order valence-electron chi connectivity index (χ0n) is 8.47. The lowest BCUT2D eigenvalue weighted by atomic mass is 9.87. The van der Waals surface area contributed by atoms with E-state index in [1.165, 1.54) is 6.42 Å². The second kappa shape index (κ2) is 3.30. The zero-order chi connectivity index (χ0) is 10.3. The minimum absolute atomic E-state index is 0.224. The van der Waals surface area contributed by atoms with Crippen molar-refractivity contribution in [1.82, 2.24) is 4.98 Å². The average molecular weight is 199 g/mol. The Labute approximate surface area is 89.0 Å². The maximum Gasteiger partial charge on any atom is 0.166 e. The molecule has 1 aromatic heterocycles. The van der Waals surface area contributed by atoms with E-state index < -0.39 is 0 Å². The Hall–Kier alpha value is -1.44. The number of ketones is 1. The molecule has 2 heteroatoms. The normalized spacial score (nSPS) is 32.1. The fourth-order valence-electron chi connectivity index (χ4n) is 2.81. The fraction of sp³-hybridized carbons (Fsp3) is 0.385. The average Bonchev–Trinajstić information content (AvgIpc) is 2.91. The van der Waals surface area contributed by atoms with Crippen LogP contribution < -0.4 is 0 Å². The van der Waals surface area contributed by atoms with Gasteiger partial charge in [-0.15, -0.1) is 0 Å². The number of carbonyl (C=O) groups is 1. The molecule has 1 aromatic rings. The first-order chi connectivity index (χ1) is 7.34. The third-order valence-electron chi connectivity index (χ3n) is 3.58. The molecule has 2 aliphatic carbocycles. The number of Topliss-reactive ketones (excluding diaryl/α,β-unsaturated/α-hetero) is 1. The number of hydrogen-bond acceptors (Lipinski definition) is 2. The molecule has 0 radical (unpaired) electrons. The Bertz CT molecular complexity index is 410. The fourth-order valence-corrected chi connectivity index (χ4v) is 2.81. The number of aromatic nitrogens is 1. The van der Waals surface area contributed by atoms with E-state index in [4.69, 9.17) is 0 Å². The van der Waals surface area contributed by atoms with E-state index in [-0.39, 0.29) is 5.92 Å². The topological polar surface area (TPSA) is 30.0 Å². The van der Waals surface area contributed by atoms with Crippen LogP contribution in [-0.4, -0.2) is 10.8 Å². The van der Waals surface area contributed by atoms with Crippen LogP contribution in [0.3, 0.4) is 0 Å². The molecule has 1 fully saturated rings. The van der Waals surface area contributed by atoms with E-state index >= 15 is 0 Å². The molecule has 76 valence electrons. The molecule has 2 aliphatic rings. The smallest absolute Gasteiger partial charge is 0.166 e. The van der Waals surface area contributed by atoms with Gasteiger partial charge in [0.15, 0.2) is 5.78 Å². The summed E-state index contributed by atoms with van der Waals surface area (Å²) < 4.78 is 0. The van der Waals surface area contributed by atoms with E-state index in [1.807, 2.05) is 12.1 Å². The summed E-state index contributed by atoms with van der Waals surface area (Å²) in [5.41, 5.74) is 0.816. The number of rotatable bonds is 2. The molecule has 0 spiro atoms. The summed E-state index contributed by atoms with van der Waals surface area (Å²) >= 11 is 0. The van der Waals surface area contributed by atoms with Crippen molar-refractivity contribution in [3.63, 3.8) is 0 Å². The summed E-state index contributed by atoms with van der Waals surface area (Å²) in [6, 6.07) is 3.64. The summed E-state index contributed by atoms with van der Waals surface area (Å²) in [7, 11) is 0. The second-order valence-electron chi connectivity index (χ2n) is 4.49. The van der Waals surface area contributed by atoms with Crippen molar-refractivity contribution < 1.29 is 4.79 Å². The molecule has 0 N–H and O–H groups in total. The van der Waals surface area contributed by atoms with Gasteiger partial charge in [-0.25, -0.2) is 0 Å². The van der Waals surface area contributed by atoms with Crippen LogP contribution in [0.25, 0.3) is 0 Å². The van der Waals surface area contributed by atoms with Gasteiger partial charge in [0, 0.05) is 23.9 Å². The minimum atomic E-state index is 0.224. The van der Waals surface area contributed by atoms with Crippen molar-refractivity contribution >= 4 is 5.78 Å². The van der Waals surface area contributed by atoms with Gasteiger partial charge in [0.05, 0.1) is 0 Å². The van der Waals surface area contributed by atoms with E-state index in [9.17, 15) is 4.79 Å². The first kappa shape index (κ1) is 8.84. The molecular formula is C13H13NO. The quantitative estimate of drug-likeness (QED) is 0.541. The number of pyridine rings is 1. The Balaban J connectivity index is 1.85. The van der Waals surface area contributed by atoms with Gasteiger partial charge in [-0.2, -0.15) is 0 Å². The third kappa shape index (κ3) is 1.41. The third-order valence-corrected chi connectivity index (χ3v) is 3.58. The van der Waals surface area contributed by atoms with Gasteiger partial charge in [0.1, 0.15) is 0 Å². The van der Waals surface area contributed by atoms with Crippen LogP contribution in [0.5, 0.6) is 0 Å². The van der Waals surface area contributed by atoms with Crippen LogP contribution in [0, 0.1) is 17.8 Å². The molecule has 0 saturated heterocycles. The lowest BCUT2D eigenvalue weighted by molar-refractivity contribution is 0.0901. The maximum atomic E-state index is 12.2. The predicted octanol–water partition coefficient (Wildman–Crippen LogP) is 2.48. The highest BCUT2D eigenvalue weighted by Crippen LogP contribution is 2.44. The van der Waals surface area contributed by atoms with Gasteiger partial charge in [0.2, 0.25) is 0 Å². The summed E-state index contributed by atoms with van der Waals surface area (Å²) in [5.74, 6) is 1.68. The van der Waals surface area contributed by atoms with Crippen molar-refractivity contribution in [2.45, 2.75) is 12.8 Å². The summed E-state index contributed by atoms with van der Waals surface area (Å²) in [6.07, 6.45) is 10.1. The van der Waals surface area contributed by atoms with Gasteiger partial charge < -0.3 is 0 Å². The highest BCUT2D eigenvalue weighted by atomic mass is 16.1. The predicted molar refractivity (Wildman–Crippen MR) is 57.4 cm³/mol. The largest absolute Gasteiger partial charge is 0.294 e. The van der Waals surface area contributed by atoms with Gasteiger partial charge in [-0.3, -0.25) is 9.78 Å². The second-order valence-corrected chi connectivity index (χ2v) is 4.49. The lowest BCUT2D eigenvalue weighted by Gasteiger charge is -2.16. The molecule has 2 nitrogen and oxygen atoms in total. The number of fused-ring (bicyclic) bond motifs is 2. The van der Waals surface area contributed by atoms with Crippen molar-refractivity contribution in [3.8, 4) is 0 Å². The molecule has 3 rings (SSSR count). The van der Waals surface area contributed by atoms with Crippen LogP contribution in [0.2, 0.25) is 0 Å². The molecule has 0 aromatic carbocycles. The minimum Gasteiger partial charge on any atom is -0.294 e. The van der Waals surface area contributed by atoms with Crippen molar-refractivity contribution in [3.05, 3.63) is 42.2 Å². The summed E-state index contributed by atoms with van der Waals surface area (Å²) in [5, 5.41) is 0. The Morgan fingerprint density at radius 1 is 1.20 bits per heavy atom. The SMILES string of the molecule is O=C(c1ccncc1)[C@H]1C[C@H]2C=C[C@@H]1C2. The van der Waals surface area contributed by atoms with Gasteiger partial charge in [0.25, 0.3) is 0 Å². The molecule has 1 heterocycles. The standard InChI is InChI=1S/C13H13NO/c15-13(10-3-5-14-6-4-10)12-8-9-1-2-11(12)7-9/h1-6,9,11-12H,7-8H2/t9-,11+,12-/m0/s1. The first-order valence-corrected chi connectivity index (χ1v) is 5.47.